The molecule has 3 rings (SSSR count). The van der Waals surface area contributed by atoms with Gasteiger partial charge >= 0.3 is 5.97 Å². The summed E-state index contributed by atoms with van der Waals surface area (Å²) in [6.07, 6.45) is 0.618. The van der Waals surface area contributed by atoms with Crippen molar-refractivity contribution in [2.45, 2.75) is 25.1 Å². The van der Waals surface area contributed by atoms with Gasteiger partial charge in [-0.1, -0.05) is 18.2 Å². The van der Waals surface area contributed by atoms with E-state index in [2.05, 4.69) is 9.80 Å². The van der Waals surface area contributed by atoms with E-state index in [0.717, 1.165) is 38.2 Å². The van der Waals surface area contributed by atoms with Crippen molar-refractivity contribution in [3.8, 4) is 0 Å². The minimum Gasteiger partial charge on any atom is -0.478 e. The van der Waals surface area contributed by atoms with E-state index >= 15 is 0 Å². The van der Waals surface area contributed by atoms with Crippen LogP contribution in [0, 0.1) is 0 Å². The highest BCUT2D eigenvalue weighted by Crippen LogP contribution is 2.18. The summed E-state index contributed by atoms with van der Waals surface area (Å²) >= 11 is 0. The molecule has 0 amide bonds. The van der Waals surface area contributed by atoms with Crippen molar-refractivity contribution in [2.24, 2.45) is 0 Å². The molecular formula is C17H24N2O4. The highest BCUT2D eigenvalue weighted by atomic mass is 16.5. The monoisotopic (exact) mass is 320 g/mol. The Hall–Kier alpha value is -1.47. The lowest BCUT2D eigenvalue weighted by molar-refractivity contribution is 0.0693. The molecule has 2 aliphatic heterocycles. The van der Waals surface area contributed by atoms with Crippen molar-refractivity contribution in [3.63, 3.8) is 0 Å². The Kier molecular flexibility index (Phi) is 5.27. The molecule has 0 spiro atoms. The Morgan fingerprint density at radius 1 is 1.17 bits per heavy atom. The minimum absolute atomic E-state index is 0.0984. The molecule has 23 heavy (non-hydrogen) atoms. The number of aromatic carboxylic acids is 1. The molecule has 1 aromatic carbocycles. The SMILES string of the molecule is O=C(O)c1ccccc1CN1CCCN([C@@H]2COC[C@H]2O)CC1. The first kappa shape index (κ1) is 16.4. The van der Waals surface area contributed by atoms with E-state index < -0.39 is 12.1 Å². The number of carboxylic acids is 1. The van der Waals surface area contributed by atoms with Crippen LogP contribution in [0.2, 0.25) is 0 Å². The van der Waals surface area contributed by atoms with E-state index in [-0.39, 0.29) is 6.04 Å². The number of rotatable bonds is 4. The maximum atomic E-state index is 11.3. The number of aliphatic hydroxyl groups excluding tert-OH is 1. The van der Waals surface area contributed by atoms with Crippen LogP contribution in [-0.2, 0) is 11.3 Å². The lowest BCUT2D eigenvalue weighted by atomic mass is 10.1. The van der Waals surface area contributed by atoms with E-state index in [9.17, 15) is 15.0 Å². The highest BCUT2D eigenvalue weighted by molar-refractivity contribution is 5.89. The average molecular weight is 320 g/mol. The first-order valence-electron chi connectivity index (χ1n) is 8.18. The molecule has 2 N–H and O–H groups in total. The quantitative estimate of drug-likeness (QED) is 0.849. The van der Waals surface area contributed by atoms with E-state index in [1.54, 1.807) is 12.1 Å². The second-order valence-corrected chi connectivity index (χ2v) is 6.30. The number of benzene rings is 1. The number of aliphatic hydroxyl groups is 1. The van der Waals surface area contributed by atoms with E-state index in [1.165, 1.54) is 0 Å². The molecule has 0 aliphatic carbocycles. The molecule has 2 aliphatic rings. The van der Waals surface area contributed by atoms with Gasteiger partial charge in [0.15, 0.2) is 0 Å². The summed E-state index contributed by atoms with van der Waals surface area (Å²) in [5.74, 6) is -0.872. The van der Waals surface area contributed by atoms with Gasteiger partial charge in [-0.05, 0) is 31.1 Å². The Labute approximate surface area is 136 Å². The van der Waals surface area contributed by atoms with Gasteiger partial charge in [-0.2, -0.15) is 0 Å². The number of nitrogens with zero attached hydrogens (tertiary/aromatic N) is 2. The number of carbonyl (C=O) groups is 1. The van der Waals surface area contributed by atoms with E-state index in [0.29, 0.717) is 25.3 Å². The predicted molar refractivity (Wildman–Crippen MR) is 85.5 cm³/mol. The number of hydrogen-bond acceptors (Lipinski definition) is 5. The molecule has 2 saturated heterocycles. The first-order valence-corrected chi connectivity index (χ1v) is 8.18. The number of ether oxygens (including phenoxy) is 1. The topological polar surface area (TPSA) is 73.2 Å². The van der Waals surface area contributed by atoms with Crippen molar-refractivity contribution < 1.29 is 19.7 Å². The fourth-order valence-corrected chi connectivity index (χ4v) is 3.47. The third-order valence-corrected chi connectivity index (χ3v) is 4.76. The normalized spacial score (nSPS) is 27.0. The predicted octanol–water partition coefficient (Wildman–Crippen LogP) is 0.652. The molecule has 6 heteroatoms. The van der Waals surface area contributed by atoms with Crippen LogP contribution in [0.25, 0.3) is 0 Å². The minimum atomic E-state index is -0.872. The summed E-state index contributed by atoms with van der Waals surface area (Å²) in [5, 5.41) is 19.3. The molecule has 2 atom stereocenters. The summed E-state index contributed by atoms with van der Waals surface area (Å²) in [6.45, 7) is 5.31. The zero-order valence-electron chi connectivity index (χ0n) is 13.2. The lowest BCUT2D eigenvalue weighted by Gasteiger charge is -2.28. The highest BCUT2D eigenvalue weighted by Gasteiger charge is 2.32. The Morgan fingerprint density at radius 2 is 2.00 bits per heavy atom. The molecule has 0 radical (unpaired) electrons. The van der Waals surface area contributed by atoms with Crippen LogP contribution in [-0.4, -0.2) is 77.5 Å². The first-order chi connectivity index (χ1) is 11.1. The van der Waals surface area contributed by atoms with Crippen LogP contribution in [0.5, 0.6) is 0 Å². The molecule has 126 valence electrons. The van der Waals surface area contributed by atoms with Crippen LogP contribution in [0.15, 0.2) is 24.3 Å². The van der Waals surface area contributed by atoms with Gasteiger partial charge in [0.05, 0.1) is 30.9 Å². The molecule has 1 aromatic rings. The number of carboxylic acid groups (broad SMARTS) is 1. The summed E-state index contributed by atoms with van der Waals surface area (Å²) < 4.78 is 5.36. The molecule has 6 nitrogen and oxygen atoms in total. The van der Waals surface area contributed by atoms with Crippen LogP contribution in [0.4, 0.5) is 0 Å². The van der Waals surface area contributed by atoms with Crippen molar-refractivity contribution in [1.82, 2.24) is 9.80 Å². The molecule has 2 heterocycles. The van der Waals surface area contributed by atoms with E-state index in [1.807, 2.05) is 12.1 Å². The summed E-state index contributed by atoms with van der Waals surface area (Å²) in [5.41, 5.74) is 1.24. The van der Waals surface area contributed by atoms with Crippen LogP contribution in [0.3, 0.4) is 0 Å². The van der Waals surface area contributed by atoms with Crippen LogP contribution >= 0.6 is 0 Å². The van der Waals surface area contributed by atoms with Crippen molar-refractivity contribution in [3.05, 3.63) is 35.4 Å². The molecule has 0 aromatic heterocycles. The fourth-order valence-electron chi connectivity index (χ4n) is 3.47. The van der Waals surface area contributed by atoms with Gasteiger partial charge in [0.1, 0.15) is 0 Å². The van der Waals surface area contributed by atoms with Crippen molar-refractivity contribution in [1.29, 1.82) is 0 Å². The van der Waals surface area contributed by atoms with Gasteiger partial charge in [0.2, 0.25) is 0 Å². The van der Waals surface area contributed by atoms with Gasteiger partial charge in [0, 0.05) is 19.6 Å². The second-order valence-electron chi connectivity index (χ2n) is 6.30. The Bertz CT molecular complexity index is 551. The lowest BCUT2D eigenvalue weighted by Crippen LogP contribution is -2.44. The Balaban J connectivity index is 1.61. The molecule has 0 unspecified atom stereocenters. The standard InChI is InChI=1S/C17H24N2O4/c20-16-12-23-11-15(16)19-7-3-6-18(8-9-19)10-13-4-1-2-5-14(13)17(21)22/h1-2,4-5,15-16,20H,3,6-12H2,(H,21,22)/t15-,16-/m1/s1. The second kappa shape index (κ2) is 7.40. The third-order valence-electron chi connectivity index (χ3n) is 4.76. The van der Waals surface area contributed by atoms with Gasteiger partial charge in [-0.3, -0.25) is 9.80 Å². The summed E-state index contributed by atoms with van der Waals surface area (Å²) in [6, 6.07) is 7.30. The largest absolute Gasteiger partial charge is 0.478 e. The van der Waals surface area contributed by atoms with Gasteiger partial charge in [-0.25, -0.2) is 4.79 Å². The van der Waals surface area contributed by atoms with E-state index in [4.69, 9.17) is 4.74 Å². The maximum Gasteiger partial charge on any atom is 0.336 e. The smallest absolute Gasteiger partial charge is 0.336 e. The van der Waals surface area contributed by atoms with Crippen molar-refractivity contribution >= 4 is 5.97 Å². The van der Waals surface area contributed by atoms with Gasteiger partial charge < -0.3 is 14.9 Å². The van der Waals surface area contributed by atoms with Crippen molar-refractivity contribution in [2.75, 3.05) is 39.4 Å². The maximum absolute atomic E-state index is 11.3. The molecule has 0 saturated carbocycles. The number of hydrogen-bond donors (Lipinski definition) is 2. The molecular weight excluding hydrogens is 296 g/mol. The van der Waals surface area contributed by atoms with Crippen LogP contribution < -0.4 is 0 Å². The summed E-state index contributed by atoms with van der Waals surface area (Å²) in [7, 11) is 0. The zero-order valence-corrected chi connectivity index (χ0v) is 13.2. The average Bonchev–Trinajstić information content (AvgIpc) is 2.83. The zero-order chi connectivity index (χ0) is 16.2. The van der Waals surface area contributed by atoms with Gasteiger partial charge in [-0.15, -0.1) is 0 Å². The molecule has 0 bridgehead atoms. The fraction of sp³-hybridized carbons (Fsp3) is 0.588. The molecule has 2 fully saturated rings. The van der Waals surface area contributed by atoms with Crippen LogP contribution in [0.1, 0.15) is 22.3 Å². The summed E-state index contributed by atoms with van der Waals surface area (Å²) in [4.78, 5) is 15.9. The van der Waals surface area contributed by atoms with Gasteiger partial charge in [0.25, 0.3) is 0 Å². The third kappa shape index (κ3) is 3.90. The Morgan fingerprint density at radius 3 is 2.74 bits per heavy atom.